The normalized spacial score (nSPS) is 17.2. The average Bonchev–Trinajstić information content (AvgIpc) is 3.33. The number of amides is 1. The minimum atomic E-state index is -0.0618. The van der Waals surface area contributed by atoms with E-state index < -0.39 is 0 Å². The highest BCUT2D eigenvalue weighted by Gasteiger charge is 2.32. The van der Waals surface area contributed by atoms with E-state index in [0.29, 0.717) is 15.8 Å². The Hall–Kier alpha value is -2.59. The molecule has 0 radical (unpaired) electrons. The number of methoxy groups -OCH3 is 1. The zero-order valence-corrected chi connectivity index (χ0v) is 24.2. The Labute approximate surface area is 235 Å². The van der Waals surface area contributed by atoms with E-state index in [1.165, 1.54) is 17.4 Å². The Morgan fingerprint density at radius 3 is 2.51 bits per heavy atom. The molecule has 3 aromatic rings. The molecule has 3 heterocycles. The van der Waals surface area contributed by atoms with E-state index in [0.717, 1.165) is 64.7 Å². The summed E-state index contributed by atoms with van der Waals surface area (Å²) in [5, 5.41) is 0. The molecule has 1 aromatic heterocycles. The Bertz CT molecular complexity index is 1380. The minimum absolute atomic E-state index is 0.0618. The van der Waals surface area contributed by atoms with Gasteiger partial charge in [-0.05, 0) is 83.4 Å². The van der Waals surface area contributed by atoms with Crippen LogP contribution in [-0.2, 0) is 16.1 Å². The van der Waals surface area contributed by atoms with Crippen molar-refractivity contribution in [3.05, 3.63) is 80.4 Å². The van der Waals surface area contributed by atoms with Gasteiger partial charge in [-0.2, -0.15) is 0 Å². The molecule has 0 unspecified atom stereocenters. The molecule has 2 aliphatic rings. The number of morpholine rings is 1. The fraction of sp³-hybridized carbons (Fsp3) is 0.286. The third-order valence-electron chi connectivity index (χ3n) is 6.67. The van der Waals surface area contributed by atoms with Crippen LogP contribution in [0.25, 0.3) is 11.8 Å². The van der Waals surface area contributed by atoms with E-state index in [1.807, 2.05) is 30.3 Å². The molecular formula is C28H28BrN3O3S2. The third-order valence-corrected chi connectivity index (χ3v) is 8.68. The topological polar surface area (TPSA) is 46.9 Å². The first kappa shape index (κ1) is 26.0. The monoisotopic (exact) mass is 597 g/mol. The molecule has 0 N–H and O–H groups in total. The Morgan fingerprint density at radius 1 is 1.11 bits per heavy atom. The second kappa shape index (κ2) is 11.0. The van der Waals surface area contributed by atoms with Crippen LogP contribution in [0.5, 0.6) is 5.75 Å². The summed E-state index contributed by atoms with van der Waals surface area (Å²) in [6.07, 6.45) is 1.96. The van der Waals surface area contributed by atoms with Gasteiger partial charge in [0.05, 0.1) is 37.5 Å². The van der Waals surface area contributed by atoms with Crippen LogP contribution in [0.2, 0.25) is 0 Å². The van der Waals surface area contributed by atoms with E-state index in [2.05, 4.69) is 63.5 Å². The minimum Gasteiger partial charge on any atom is -0.497 e. The summed E-state index contributed by atoms with van der Waals surface area (Å²) in [4.78, 5) is 17.9. The van der Waals surface area contributed by atoms with Crippen molar-refractivity contribution >= 4 is 61.9 Å². The van der Waals surface area contributed by atoms with Crippen molar-refractivity contribution in [2.75, 3.05) is 38.3 Å². The number of aryl methyl sites for hydroxylation is 1. The largest absolute Gasteiger partial charge is 0.497 e. The summed E-state index contributed by atoms with van der Waals surface area (Å²) in [7, 11) is 1.64. The van der Waals surface area contributed by atoms with Crippen molar-refractivity contribution in [2.24, 2.45) is 0 Å². The van der Waals surface area contributed by atoms with Gasteiger partial charge >= 0.3 is 0 Å². The smallest absolute Gasteiger partial charge is 0.266 e. The molecule has 2 fully saturated rings. The summed E-state index contributed by atoms with van der Waals surface area (Å²) >= 11 is 10.7. The van der Waals surface area contributed by atoms with Crippen LogP contribution in [0.3, 0.4) is 0 Å². The second-order valence-electron chi connectivity index (χ2n) is 9.01. The Kier molecular flexibility index (Phi) is 7.76. The van der Waals surface area contributed by atoms with Gasteiger partial charge in [-0.25, -0.2) is 0 Å². The Morgan fingerprint density at radius 2 is 1.84 bits per heavy atom. The lowest BCUT2D eigenvalue weighted by molar-refractivity contribution is -0.122. The van der Waals surface area contributed by atoms with Gasteiger partial charge in [-0.15, -0.1) is 0 Å². The number of aromatic nitrogens is 1. The molecule has 0 bridgehead atoms. The standard InChI is InChI=1S/C28H28BrN3O3S2/c1-18-14-21(15-26-27(33)31(28(36)37-26)17-20-4-7-23(34-3)8-5-20)19(2)32(18)22-6-9-25(24(29)16-22)30-10-12-35-13-11-30/h4-9,14-16H,10-13,17H2,1-3H3/b26-15-. The lowest BCUT2D eigenvalue weighted by Crippen LogP contribution is -2.36. The average molecular weight is 599 g/mol. The van der Waals surface area contributed by atoms with E-state index in [4.69, 9.17) is 21.7 Å². The van der Waals surface area contributed by atoms with Gasteiger partial charge in [-0.3, -0.25) is 9.69 Å². The molecule has 0 spiro atoms. The zero-order valence-electron chi connectivity index (χ0n) is 21.0. The van der Waals surface area contributed by atoms with Crippen LogP contribution >= 0.6 is 39.9 Å². The van der Waals surface area contributed by atoms with Gasteiger partial charge in [0.15, 0.2) is 0 Å². The van der Waals surface area contributed by atoms with Gasteiger partial charge in [0.2, 0.25) is 0 Å². The highest BCUT2D eigenvalue weighted by atomic mass is 79.9. The van der Waals surface area contributed by atoms with Crippen molar-refractivity contribution in [1.29, 1.82) is 0 Å². The predicted octanol–water partition coefficient (Wildman–Crippen LogP) is 6.10. The molecular weight excluding hydrogens is 570 g/mol. The fourth-order valence-electron chi connectivity index (χ4n) is 4.72. The first-order valence-electron chi connectivity index (χ1n) is 12.1. The quantitative estimate of drug-likeness (QED) is 0.253. The zero-order chi connectivity index (χ0) is 26.1. The number of anilines is 1. The molecule has 37 heavy (non-hydrogen) atoms. The molecule has 1 amide bonds. The van der Waals surface area contributed by atoms with E-state index in [-0.39, 0.29) is 5.91 Å². The van der Waals surface area contributed by atoms with Gasteiger partial charge in [-0.1, -0.05) is 36.1 Å². The number of ether oxygens (including phenoxy) is 2. The highest BCUT2D eigenvalue weighted by molar-refractivity contribution is 9.10. The number of rotatable bonds is 6. The van der Waals surface area contributed by atoms with Crippen LogP contribution in [0, 0.1) is 13.8 Å². The maximum atomic E-state index is 13.3. The van der Waals surface area contributed by atoms with Crippen molar-refractivity contribution in [2.45, 2.75) is 20.4 Å². The van der Waals surface area contributed by atoms with Gasteiger partial charge in [0, 0.05) is 34.6 Å². The van der Waals surface area contributed by atoms with Crippen LogP contribution in [0.15, 0.2) is 57.9 Å². The molecule has 192 valence electrons. The maximum Gasteiger partial charge on any atom is 0.266 e. The highest BCUT2D eigenvalue weighted by Crippen LogP contribution is 2.36. The number of hydrogen-bond donors (Lipinski definition) is 0. The van der Waals surface area contributed by atoms with E-state index in [9.17, 15) is 4.79 Å². The van der Waals surface area contributed by atoms with Crippen molar-refractivity contribution in [3.63, 3.8) is 0 Å². The molecule has 0 aliphatic carbocycles. The van der Waals surface area contributed by atoms with Crippen molar-refractivity contribution in [1.82, 2.24) is 9.47 Å². The first-order valence-corrected chi connectivity index (χ1v) is 14.1. The number of thioether (sulfide) groups is 1. The number of carbonyl (C=O) groups excluding carboxylic acids is 1. The third kappa shape index (κ3) is 5.36. The molecule has 0 atom stereocenters. The molecule has 6 nitrogen and oxygen atoms in total. The molecule has 0 saturated carbocycles. The van der Waals surface area contributed by atoms with Crippen LogP contribution in [0.1, 0.15) is 22.5 Å². The molecule has 2 saturated heterocycles. The summed E-state index contributed by atoms with van der Waals surface area (Å²) in [6, 6.07) is 16.3. The summed E-state index contributed by atoms with van der Waals surface area (Å²) in [5.74, 6) is 0.723. The summed E-state index contributed by atoms with van der Waals surface area (Å²) < 4.78 is 14.6. The lowest BCUT2D eigenvalue weighted by Gasteiger charge is -2.30. The summed E-state index contributed by atoms with van der Waals surface area (Å²) in [6.45, 7) is 7.89. The van der Waals surface area contributed by atoms with Crippen LogP contribution in [0.4, 0.5) is 5.69 Å². The predicted molar refractivity (Wildman–Crippen MR) is 158 cm³/mol. The second-order valence-corrected chi connectivity index (χ2v) is 11.5. The first-order chi connectivity index (χ1) is 17.9. The molecule has 5 rings (SSSR count). The SMILES string of the molecule is COc1ccc(CN2C(=O)/C(=C/c3cc(C)n(-c4ccc(N5CCOCC5)c(Br)c4)c3C)SC2=S)cc1. The number of carbonyl (C=O) groups is 1. The number of hydrogen-bond acceptors (Lipinski definition) is 6. The van der Waals surface area contributed by atoms with Gasteiger partial charge in [0.25, 0.3) is 5.91 Å². The number of nitrogens with zero attached hydrogens (tertiary/aromatic N) is 3. The van der Waals surface area contributed by atoms with Gasteiger partial charge in [0.1, 0.15) is 10.1 Å². The maximum absolute atomic E-state index is 13.3. The summed E-state index contributed by atoms with van der Waals surface area (Å²) in [5.41, 5.74) is 6.44. The molecule has 2 aliphatic heterocycles. The number of benzene rings is 2. The van der Waals surface area contributed by atoms with E-state index in [1.54, 1.807) is 12.0 Å². The fourth-order valence-corrected chi connectivity index (χ4v) is 6.58. The number of halogens is 1. The lowest BCUT2D eigenvalue weighted by atomic mass is 10.2. The number of thiocarbonyl (C=S) groups is 1. The Balaban J connectivity index is 1.38. The van der Waals surface area contributed by atoms with E-state index >= 15 is 0 Å². The van der Waals surface area contributed by atoms with Crippen molar-refractivity contribution < 1.29 is 14.3 Å². The molecule has 9 heteroatoms. The van der Waals surface area contributed by atoms with Gasteiger partial charge < -0.3 is 18.9 Å². The van der Waals surface area contributed by atoms with Crippen molar-refractivity contribution in [3.8, 4) is 11.4 Å². The molecule has 2 aromatic carbocycles. The van der Waals surface area contributed by atoms with Crippen LogP contribution in [-0.4, -0.2) is 53.1 Å². The van der Waals surface area contributed by atoms with Crippen LogP contribution < -0.4 is 9.64 Å².